The molecule has 0 heterocycles. The molecule has 3 nitrogen and oxygen atoms in total. The average molecular weight is 258 g/mol. The van der Waals surface area contributed by atoms with E-state index in [1.54, 1.807) is 34.6 Å². The van der Waals surface area contributed by atoms with Crippen LogP contribution in [0.15, 0.2) is 0 Å². The van der Waals surface area contributed by atoms with Gasteiger partial charge in [0.05, 0.1) is 5.41 Å². The van der Waals surface area contributed by atoms with Gasteiger partial charge >= 0.3 is 5.97 Å². The van der Waals surface area contributed by atoms with E-state index in [-0.39, 0.29) is 31.5 Å². The Morgan fingerprint density at radius 3 is 2.00 bits per heavy atom. The lowest BCUT2D eigenvalue weighted by molar-refractivity contribution is -0.178. The first-order valence-electron chi connectivity index (χ1n) is 6.42. The minimum Gasteiger partial charge on any atom is -0.459 e. The number of carbonyl (C=O) groups is 2. The number of Topliss-reactive ketones (excluding diaryl/α,β-unsaturated/α-hetero) is 1. The molecule has 4 heteroatoms. The molecule has 0 aromatic carbocycles. The monoisotopic (exact) mass is 258 g/mol. The molecule has 1 aliphatic rings. The van der Waals surface area contributed by atoms with Gasteiger partial charge in [0.15, 0.2) is 0 Å². The predicted molar refractivity (Wildman–Crippen MR) is 66.9 cm³/mol. The Morgan fingerprint density at radius 1 is 1.17 bits per heavy atom. The molecule has 1 saturated carbocycles. The van der Waals surface area contributed by atoms with Crippen molar-refractivity contribution in [1.82, 2.24) is 0 Å². The second-order valence-corrected chi connectivity index (χ2v) is 6.63. The lowest BCUT2D eigenvalue weighted by atomic mass is 9.68. The molecule has 18 heavy (non-hydrogen) atoms. The molecule has 1 rings (SSSR count). The van der Waals surface area contributed by atoms with E-state index in [2.05, 4.69) is 0 Å². The fraction of sp³-hybridized carbons (Fsp3) is 0.857. The van der Waals surface area contributed by atoms with Crippen molar-refractivity contribution in [3.8, 4) is 0 Å². The van der Waals surface area contributed by atoms with Gasteiger partial charge in [-0.05, 0) is 47.5 Å². The van der Waals surface area contributed by atoms with E-state index in [9.17, 15) is 14.0 Å². The third-order valence-electron chi connectivity index (χ3n) is 3.63. The number of ketones is 1. The third-order valence-corrected chi connectivity index (χ3v) is 3.63. The highest BCUT2D eigenvalue weighted by Crippen LogP contribution is 2.45. The van der Waals surface area contributed by atoms with Crippen LogP contribution in [0.3, 0.4) is 0 Å². The number of rotatable bonds is 2. The van der Waals surface area contributed by atoms with Crippen LogP contribution in [-0.2, 0) is 14.3 Å². The zero-order valence-corrected chi connectivity index (χ0v) is 11.9. The third kappa shape index (κ3) is 3.09. The molecule has 0 amide bonds. The van der Waals surface area contributed by atoms with Crippen molar-refractivity contribution in [1.29, 1.82) is 0 Å². The lowest BCUT2D eigenvalue weighted by Gasteiger charge is -2.41. The van der Waals surface area contributed by atoms with E-state index in [1.807, 2.05) is 0 Å². The van der Waals surface area contributed by atoms with E-state index in [4.69, 9.17) is 4.74 Å². The van der Waals surface area contributed by atoms with E-state index in [1.165, 1.54) is 0 Å². The van der Waals surface area contributed by atoms with E-state index in [0.717, 1.165) is 0 Å². The summed E-state index contributed by atoms with van der Waals surface area (Å²) < 4.78 is 20.2. The second-order valence-electron chi connectivity index (χ2n) is 6.63. The van der Waals surface area contributed by atoms with Gasteiger partial charge in [-0.1, -0.05) is 0 Å². The summed E-state index contributed by atoms with van der Waals surface area (Å²) in [7, 11) is 0. The maximum atomic E-state index is 14.9. The smallest absolute Gasteiger partial charge is 0.315 e. The Morgan fingerprint density at radius 2 is 1.61 bits per heavy atom. The normalized spacial score (nSPS) is 20.7. The molecule has 0 atom stereocenters. The molecule has 0 unspecified atom stereocenters. The first kappa shape index (κ1) is 15.1. The van der Waals surface area contributed by atoms with Crippen molar-refractivity contribution in [2.75, 3.05) is 0 Å². The predicted octanol–water partition coefficient (Wildman–Crippen LogP) is 3.21. The van der Waals surface area contributed by atoms with Crippen LogP contribution >= 0.6 is 0 Å². The number of alkyl halides is 1. The molecule has 0 aromatic rings. The van der Waals surface area contributed by atoms with Crippen LogP contribution in [0, 0.1) is 5.41 Å². The van der Waals surface area contributed by atoms with Gasteiger partial charge in [0, 0.05) is 12.8 Å². The fourth-order valence-electron chi connectivity index (χ4n) is 2.14. The fourth-order valence-corrected chi connectivity index (χ4v) is 2.14. The van der Waals surface area contributed by atoms with Gasteiger partial charge in [-0.15, -0.1) is 0 Å². The van der Waals surface area contributed by atoms with Gasteiger partial charge in [-0.3, -0.25) is 9.59 Å². The van der Waals surface area contributed by atoms with Crippen molar-refractivity contribution >= 4 is 11.8 Å². The molecule has 0 aliphatic heterocycles. The molecule has 0 bridgehead atoms. The number of hydrogen-bond acceptors (Lipinski definition) is 3. The van der Waals surface area contributed by atoms with Crippen LogP contribution in [0.25, 0.3) is 0 Å². The van der Waals surface area contributed by atoms with Gasteiger partial charge in [0.1, 0.15) is 17.1 Å². The molecule has 104 valence electrons. The van der Waals surface area contributed by atoms with Crippen LogP contribution in [-0.4, -0.2) is 23.0 Å². The Bertz CT molecular complexity index is 343. The number of halogens is 1. The maximum absolute atomic E-state index is 14.9. The molecule has 1 fully saturated rings. The molecule has 1 aliphatic carbocycles. The zero-order valence-electron chi connectivity index (χ0n) is 11.9. The number of hydrogen-bond donors (Lipinski definition) is 0. The van der Waals surface area contributed by atoms with Gasteiger partial charge < -0.3 is 4.74 Å². The molecule has 0 saturated heterocycles. The summed E-state index contributed by atoms with van der Waals surface area (Å²) >= 11 is 0. The van der Waals surface area contributed by atoms with E-state index >= 15 is 0 Å². The maximum Gasteiger partial charge on any atom is 0.315 e. The van der Waals surface area contributed by atoms with Gasteiger partial charge in [0.2, 0.25) is 0 Å². The van der Waals surface area contributed by atoms with Gasteiger partial charge in [-0.2, -0.15) is 0 Å². The summed E-state index contributed by atoms with van der Waals surface area (Å²) in [6.45, 7) is 8.41. The summed E-state index contributed by atoms with van der Waals surface area (Å²) in [5.74, 6) is -0.463. The summed E-state index contributed by atoms with van der Waals surface area (Å²) in [6.07, 6.45) is 0.640. The van der Waals surface area contributed by atoms with E-state index in [0.29, 0.717) is 0 Å². The van der Waals surface area contributed by atoms with Crippen molar-refractivity contribution in [3.63, 3.8) is 0 Å². The summed E-state index contributed by atoms with van der Waals surface area (Å²) in [6, 6.07) is 0. The summed E-state index contributed by atoms with van der Waals surface area (Å²) in [4.78, 5) is 23.3. The minimum absolute atomic E-state index is 0.0725. The van der Waals surface area contributed by atoms with Crippen molar-refractivity contribution in [2.45, 2.75) is 71.6 Å². The first-order valence-corrected chi connectivity index (χ1v) is 6.42. The number of ether oxygens (including phenoxy) is 1. The SMILES string of the molecule is CC(C)(C)OC(=O)C(C)(C)C1(F)CCC(=O)CC1. The molecule has 0 aromatic heterocycles. The van der Waals surface area contributed by atoms with Gasteiger partial charge in [-0.25, -0.2) is 4.39 Å². The van der Waals surface area contributed by atoms with Crippen molar-refractivity contribution in [3.05, 3.63) is 0 Å². The summed E-state index contributed by atoms with van der Waals surface area (Å²) in [5.41, 5.74) is -3.50. The molecule has 0 radical (unpaired) electrons. The zero-order chi connectivity index (χ0) is 14.2. The molecule has 0 N–H and O–H groups in total. The minimum atomic E-state index is -1.65. The Balaban J connectivity index is 2.85. The van der Waals surface area contributed by atoms with Crippen molar-refractivity contribution in [2.24, 2.45) is 5.41 Å². The van der Waals surface area contributed by atoms with Crippen LogP contribution in [0.5, 0.6) is 0 Å². The van der Waals surface area contributed by atoms with Crippen LogP contribution in [0.4, 0.5) is 4.39 Å². The van der Waals surface area contributed by atoms with Crippen molar-refractivity contribution < 1.29 is 18.7 Å². The Kier molecular flexibility index (Phi) is 3.89. The molecular formula is C14H23FO3. The van der Waals surface area contributed by atoms with Crippen LogP contribution < -0.4 is 0 Å². The Labute approximate surface area is 108 Å². The average Bonchev–Trinajstić information content (AvgIpc) is 2.20. The van der Waals surface area contributed by atoms with E-state index < -0.39 is 22.7 Å². The molecular weight excluding hydrogens is 235 g/mol. The standard InChI is InChI=1S/C14H23FO3/c1-12(2,3)18-11(17)13(4,5)14(15)8-6-10(16)7-9-14/h6-9H2,1-5H3. The second kappa shape index (κ2) is 4.63. The lowest BCUT2D eigenvalue weighted by Crippen LogP contribution is -2.50. The Hall–Kier alpha value is -0.930. The van der Waals surface area contributed by atoms with Crippen LogP contribution in [0.1, 0.15) is 60.3 Å². The number of esters is 1. The van der Waals surface area contributed by atoms with Crippen LogP contribution in [0.2, 0.25) is 0 Å². The molecule has 0 spiro atoms. The highest BCUT2D eigenvalue weighted by Gasteiger charge is 2.53. The van der Waals surface area contributed by atoms with Gasteiger partial charge in [0.25, 0.3) is 0 Å². The largest absolute Gasteiger partial charge is 0.459 e. The first-order chi connectivity index (χ1) is 7.98. The number of carbonyl (C=O) groups excluding carboxylic acids is 2. The topological polar surface area (TPSA) is 43.4 Å². The highest BCUT2D eigenvalue weighted by atomic mass is 19.1. The highest BCUT2D eigenvalue weighted by molar-refractivity contribution is 5.82. The quantitative estimate of drug-likeness (QED) is 0.714. The summed E-state index contributed by atoms with van der Waals surface area (Å²) in [5, 5.41) is 0.